The zero-order chi connectivity index (χ0) is 12.4. The van der Waals surface area contributed by atoms with Crippen LogP contribution in [0.5, 0.6) is 0 Å². The van der Waals surface area contributed by atoms with Gasteiger partial charge in [0, 0.05) is 8.95 Å². The van der Waals surface area contributed by atoms with Crippen molar-refractivity contribution in [3.8, 4) is 0 Å². The van der Waals surface area contributed by atoms with E-state index in [0.29, 0.717) is 16.3 Å². The first kappa shape index (κ1) is 12.6. The molecule has 3 nitrogen and oxygen atoms in total. The third-order valence-electron chi connectivity index (χ3n) is 2.08. The number of carbonyl (C=O) groups is 1. The summed E-state index contributed by atoms with van der Waals surface area (Å²) in [7, 11) is 0. The summed E-state index contributed by atoms with van der Waals surface area (Å²) in [6, 6.07) is 7.29. The van der Waals surface area contributed by atoms with Crippen LogP contribution >= 0.6 is 43.2 Å². The van der Waals surface area contributed by atoms with Crippen LogP contribution in [0.15, 0.2) is 38.6 Å². The molecule has 1 aromatic carbocycles. The molecule has 3 N–H and O–H groups in total. The van der Waals surface area contributed by atoms with Crippen molar-refractivity contribution in [1.82, 2.24) is 0 Å². The van der Waals surface area contributed by atoms with E-state index in [-0.39, 0.29) is 5.91 Å². The van der Waals surface area contributed by atoms with Crippen LogP contribution in [-0.2, 0) is 0 Å². The van der Waals surface area contributed by atoms with E-state index in [1.165, 1.54) is 11.3 Å². The molecule has 0 spiro atoms. The van der Waals surface area contributed by atoms with Crippen molar-refractivity contribution in [1.29, 1.82) is 0 Å². The van der Waals surface area contributed by atoms with Gasteiger partial charge in [-0.2, -0.15) is 0 Å². The van der Waals surface area contributed by atoms with E-state index in [2.05, 4.69) is 37.2 Å². The summed E-state index contributed by atoms with van der Waals surface area (Å²) in [5.41, 5.74) is 6.90. The fourth-order valence-electron chi connectivity index (χ4n) is 1.28. The molecular weight excluding hydrogens is 368 g/mol. The summed E-state index contributed by atoms with van der Waals surface area (Å²) in [5, 5.41) is 4.60. The van der Waals surface area contributed by atoms with Crippen molar-refractivity contribution in [2.45, 2.75) is 0 Å². The number of hydrogen-bond donors (Lipinski definition) is 2. The van der Waals surface area contributed by atoms with Crippen molar-refractivity contribution in [2.24, 2.45) is 0 Å². The highest BCUT2D eigenvalue weighted by Crippen LogP contribution is 2.28. The molecule has 0 aliphatic carbocycles. The average Bonchev–Trinajstić information content (AvgIpc) is 2.70. The molecule has 0 aliphatic heterocycles. The molecule has 2 aromatic rings. The third kappa shape index (κ3) is 2.88. The number of hydrogen-bond acceptors (Lipinski definition) is 3. The fraction of sp³-hybridized carbons (Fsp3) is 0. The third-order valence-corrected chi connectivity index (χ3v) is 4.19. The van der Waals surface area contributed by atoms with Crippen molar-refractivity contribution >= 4 is 60.5 Å². The maximum absolute atomic E-state index is 11.9. The highest BCUT2D eigenvalue weighted by atomic mass is 79.9. The Bertz CT molecular complexity index is 568. The summed E-state index contributed by atoms with van der Waals surface area (Å²) >= 11 is 8.06. The smallest absolute Gasteiger partial charge is 0.267 e. The molecule has 1 amide bonds. The highest BCUT2D eigenvalue weighted by molar-refractivity contribution is 9.11. The molecule has 0 radical (unpaired) electrons. The molecule has 0 saturated heterocycles. The molecule has 0 unspecified atom stereocenters. The standard InChI is InChI=1S/C11H8Br2N2OS/c12-6-1-2-7(13)9(5-6)15-11(16)10-8(14)3-4-17-10/h1-5H,14H2,(H,15,16). The fourth-order valence-corrected chi connectivity index (χ4v) is 2.70. The monoisotopic (exact) mass is 374 g/mol. The number of carbonyl (C=O) groups excluding carboxylic acids is 1. The first-order valence-corrected chi connectivity index (χ1v) is 7.14. The zero-order valence-electron chi connectivity index (χ0n) is 8.54. The minimum Gasteiger partial charge on any atom is -0.397 e. The molecule has 1 heterocycles. The van der Waals surface area contributed by atoms with E-state index >= 15 is 0 Å². The van der Waals surface area contributed by atoms with Gasteiger partial charge in [0.15, 0.2) is 0 Å². The Balaban J connectivity index is 2.24. The number of nitrogen functional groups attached to an aromatic ring is 1. The summed E-state index contributed by atoms with van der Waals surface area (Å²) in [5.74, 6) is -0.198. The van der Waals surface area contributed by atoms with E-state index in [1.54, 1.807) is 11.4 Å². The lowest BCUT2D eigenvalue weighted by atomic mass is 10.3. The van der Waals surface area contributed by atoms with Gasteiger partial charge in [0.2, 0.25) is 0 Å². The number of anilines is 2. The van der Waals surface area contributed by atoms with Crippen molar-refractivity contribution in [2.75, 3.05) is 11.1 Å². The maximum atomic E-state index is 11.9. The molecule has 0 aliphatic rings. The van der Waals surface area contributed by atoms with E-state index in [1.807, 2.05) is 18.2 Å². The van der Waals surface area contributed by atoms with Gasteiger partial charge in [-0.05, 0) is 45.6 Å². The lowest BCUT2D eigenvalue weighted by Crippen LogP contribution is -2.12. The predicted octanol–water partition coefficient (Wildman–Crippen LogP) is 4.11. The second-order valence-electron chi connectivity index (χ2n) is 3.28. The van der Waals surface area contributed by atoms with Gasteiger partial charge >= 0.3 is 0 Å². The number of nitrogens with one attached hydrogen (secondary N) is 1. The predicted molar refractivity (Wildman–Crippen MR) is 78.5 cm³/mol. The first-order chi connectivity index (χ1) is 8.08. The SMILES string of the molecule is Nc1ccsc1C(=O)Nc1cc(Br)ccc1Br. The number of nitrogens with two attached hydrogens (primary N) is 1. The maximum Gasteiger partial charge on any atom is 0.267 e. The van der Waals surface area contributed by atoms with Crippen LogP contribution < -0.4 is 11.1 Å². The van der Waals surface area contributed by atoms with Gasteiger partial charge < -0.3 is 11.1 Å². The van der Waals surface area contributed by atoms with Crippen LogP contribution in [0.1, 0.15) is 9.67 Å². The van der Waals surface area contributed by atoms with Gasteiger partial charge in [0.1, 0.15) is 4.88 Å². The molecule has 0 fully saturated rings. The van der Waals surface area contributed by atoms with Gasteiger partial charge in [0.05, 0.1) is 11.4 Å². The minimum atomic E-state index is -0.198. The molecule has 6 heteroatoms. The van der Waals surface area contributed by atoms with Crippen LogP contribution in [0.4, 0.5) is 11.4 Å². The normalized spacial score (nSPS) is 10.2. The van der Waals surface area contributed by atoms with Gasteiger partial charge in [-0.15, -0.1) is 11.3 Å². The molecule has 0 bridgehead atoms. The second-order valence-corrected chi connectivity index (χ2v) is 5.97. The number of halogens is 2. The Labute approximate surface area is 119 Å². The topological polar surface area (TPSA) is 55.1 Å². The molecular formula is C11H8Br2N2OS. The molecule has 0 atom stereocenters. The van der Waals surface area contributed by atoms with Gasteiger partial charge in [-0.25, -0.2) is 0 Å². The van der Waals surface area contributed by atoms with Gasteiger partial charge in [0.25, 0.3) is 5.91 Å². The lowest BCUT2D eigenvalue weighted by molar-refractivity contribution is 0.103. The highest BCUT2D eigenvalue weighted by Gasteiger charge is 2.12. The summed E-state index contributed by atoms with van der Waals surface area (Å²) < 4.78 is 1.72. The van der Waals surface area contributed by atoms with Gasteiger partial charge in [-0.3, -0.25) is 4.79 Å². The Morgan fingerprint density at radius 3 is 2.71 bits per heavy atom. The largest absolute Gasteiger partial charge is 0.397 e. The summed E-state index contributed by atoms with van der Waals surface area (Å²) in [6.07, 6.45) is 0. The van der Waals surface area contributed by atoms with Crippen LogP contribution in [0, 0.1) is 0 Å². The molecule has 17 heavy (non-hydrogen) atoms. The zero-order valence-corrected chi connectivity index (χ0v) is 12.5. The van der Waals surface area contributed by atoms with E-state index in [4.69, 9.17) is 5.73 Å². The van der Waals surface area contributed by atoms with E-state index in [9.17, 15) is 4.79 Å². The minimum absolute atomic E-state index is 0.198. The number of amides is 1. The van der Waals surface area contributed by atoms with Crippen molar-refractivity contribution < 1.29 is 4.79 Å². The van der Waals surface area contributed by atoms with Crippen LogP contribution in [0.3, 0.4) is 0 Å². The molecule has 1 aromatic heterocycles. The molecule has 2 rings (SSSR count). The van der Waals surface area contributed by atoms with Gasteiger partial charge in [-0.1, -0.05) is 15.9 Å². The number of thiophene rings is 1. The number of rotatable bonds is 2. The second kappa shape index (κ2) is 5.20. The van der Waals surface area contributed by atoms with Crippen LogP contribution in [0.25, 0.3) is 0 Å². The Hall–Kier alpha value is -0.850. The number of benzene rings is 1. The molecule has 88 valence electrons. The summed E-state index contributed by atoms with van der Waals surface area (Å²) in [4.78, 5) is 12.5. The average molecular weight is 376 g/mol. The van der Waals surface area contributed by atoms with Crippen LogP contribution in [-0.4, -0.2) is 5.91 Å². The molecule has 0 saturated carbocycles. The Kier molecular flexibility index (Phi) is 3.86. The quantitative estimate of drug-likeness (QED) is 0.829. The summed E-state index contributed by atoms with van der Waals surface area (Å²) in [6.45, 7) is 0. The van der Waals surface area contributed by atoms with E-state index in [0.717, 1.165) is 8.95 Å². The van der Waals surface area contributed by atoms with E-state index < -0.39 is 0 Å². The Morgan fingerprint density at radius 2 is 2.06 bits per heavy atom. The Morgan fingerprint density at radius 1 is 1.29 bits per heavy atom. The van der Waals surface area contributed by atoms with Crippen molar-refractivity contribution in [3.05, 3.63) is 43.5 Å². The lowest BCUT2D eigenvalue weighted by Gasteiger charge is -2.07. The van der Waals surface area contributed by atoms with Crippen LogP contribution in [0.2, 0.25) is 0 Å². The first-order valence-electron chi connectivity index (χ1n) is 4.67. The van der Waals surface area contributed by atoms with Crippen molar-refractivity contribution in [3.63, 3.8) is 0 Å².